The van der Waals surface area contributed by atoms with Gasteiger partial charge in [-0.25, -0.2) is 0 Å². The molecule has 1 N–H and O–H groups in total. The van der Waals surface area contributed by atoms with Gasteiger partial charge >= 0.3 is 0 Å². The standard InChI is InChI=1S/C11H15NS/c1-8-6-10(12-3)7-9(2)11(8)4-5-13/h4-7,12-13H,1-3H3/b5-4+. The van der Waals surface area contributed by atoms with Crippen molar-refractivity contribution in [2.45, 2.75) is 13.8 Å². The van der Waals surface area contributed by atoms with Crippen LogP contribution >= 0.6 is 12.6 Å². The number of hydrogen-bond acceptors (Lipinski definition) is 2. The first-order chi connectivity index (χ1) is 6.19. The van der Waals surface area contributed by atoms with Crippen molar-refractivity contribution in [3.05, 3.63) is 34.2 Å². The molecular weight excluding hydrogens is 178 g/mol. The molecule has 70 valence electrons. The highest BCUT2D eigenvalue weighted by molar-refractivity contribution is 7.83. The van der Waals surface area contributed by atoms with Gasteiger partial charge in [0.2, 0.25) is 0 Å². The van der Waals surface area contributed by atoms with Crippen LogP contribution in [0.15, 0.2) is 17.5 Å². The Bertz CT molecular complexity index is 306. The highest BCUT2D eigenvalue weighted by Crippen LogP contribution is 2.21. The first-order valence-electron chi connectivity index (χ1n) is 4.28. The fourth-order valence-corrected chi connectivity index (χ4v) is 1.61. The quantitative estimate of drug-likeness (QED) is 0.687. The number of thiol groups is 1. The number of rotatable bonds is 2. The molecule has 0 bridgehead atoms. The molecule has 0 radical (unpaired) electrons. The Morgan fingerprint density at radius 3 is 2.15 bits per heavy atom. The van der Waals surface area contributed by atoms with E-state index in [0.29, 0.717) is 0 Å². The van der Waals surface area contributed by atoms with Crippen molar-refractivity contribution in [3.63, 3.8) is 0 Å². The second kappa shape index (κ2) is 4.38. The molecule has 1 aromatic carbocycles. The second-order valence-corrected chi connectivity index (χ2v) is 3.39. The molecule has 2 heteroatoms. The highest BCUT2D eigenvalue weighted by Gasteiger charge is 2.00. The SMILES string of the molecule is CNc1cc(C)c(/C=C/S)c(C)c1. The van der Waals surface area contributed by atoms with Crippen molar-refractivity contribution >= 4 is 24.4 Å². The van der Waals surface area contributed by atoms with Crippen molar-refractivity contribution < 1.29 is 0 Å². The molecule has 0 aromatic heterocycles. The molecule has 13 heavy (non-hydrogen) atoms. The van der Waals surface area contributed by atoms with Crippen LogP contribution in [-0.4, -0.2) is 7.05 Å². The van der Waals surface area contributed by atoms with Crippen LogP contribution in [0, 0.1) is 13.8 Å². The van der Waals surface area contributed by atoms with Gasteiger partial charge in [0.15, 0.2) is 0 Å². The van der Waals surface area contributed by atoms with Crippen molar-refractivity contribution in [1.29, 1.82) is 0 Å². The minimum atomic E-state index is 1.16. The third kappa shape index (κ3) is 2.28. The summed E-state index contributed by atoms with van der Waals surface area (Å²) < 4.78 is 0. The Morgan fingerprint density at radius 2 is 1.77 bits per heavy atom. The summed E-state index contributed by atoms with van der Waals surface area (Å²) in [4.78, 5) is 0. The summed E-state index contributed by atoms with van der Waals surface area (Å²) in [5.41, 5.74) is 4.96. The number of anilines is 1. The molecule has 0 aliphatic heterocycles. The normalized spacial score (nSPS) is 10.8. The smallest absolute Gasteiger partial charge is 0.0343 e. The Balaban J connectivity index is 3.22. The first kappa shape index (κ1) is 10.2. The van der Waals surface area contributed by atoms with Gasteiger partial charge in [-0.1, -0.05) is 0 Å². The predicted molar refractivity (Wildman–Crippen MR) is 63.5 cm³/mol. The van der Waals surface area contributed by atoms with E-state index in [1.165, 1.54) is 16.7 Å². The summed E-state index contributed by atoms with van der Waals surface area (Å²) in [6.45, 7) is 4.22. The van der Waals surface area contributed by atoms with Gasteiger partial charge in [0.05, 0.1) is 0 Å². The topological polar surface area (TPSA) is 12.0 Å². The van der Waals surface area contributed by atoms with Crippen molar-refractivity contribution in [2.75, 3.05) is 12.4 Å². The maximum Gasteiger partial charge on any atom is 0.0343 e. The van der Waals surface area contributed by atoms with Gasteiger partial charge in [-0.3, -0.25) is 0 Å². The molecule has 0 unspecified atom stereocenters. The van der Waals surface area contributed by atoms with E-state index in [1.54, 1.807) is 5.41 Å². The van der Waals surface area contributed by atoms with Gasteiger partial charge in [-0.05, 0) is 54.2 Å². The zero-order valence-electron chi connectivity index (χ0n) is 8.26. The van der Waals surface area contributed by atoms with E-state index in [1.807, 2.05) is 13.1 Å². The summed E-state index contributed by atoms with van der Waals surface area (Å²) in [6, 6.07) is 4.27. The lowest BCUT2D eigenvalue weighted by molar-refractivity contribution is 1.34. The Labute approximate surface area is 85.3 Å². The summed E-state index contributed by atoms with van der Waals surface area (Å²) in [5, 5.41) is 4.91. The average Bonchev–Trinajstić information content (AvgIpc) is 2.11. The maximum absolute atomic E-state index is 4.08. The second-order valence-electron chi connectivity index (χ2n) is 3.09. The molecule has 0 aliphatic rings. The Hall–Kier alpha value is -0.890. The van der Waals surface area contributed by atoms with Crippen molar-refractivity contribution in [1.82, 2.24) is 0 Å². The summed E-state index contributed by atoms with van der Waals surface area (Å²) in [5.74, 6) is 0. The third-order valence-electron chi connectivity index (χ3n) is 2.12. The molecular formula is C11H15NS. The van der Waals surface area contributed by atoms with Crippen LogP contribution in [-0.2, 0) is 0 Å². The third-order valence-corrected chi connectivity index (χ3v) is 2.27. The monoisotopic (exact) mass is 193 g/mol. The van der Waals surface area contributed by atoms with Gasteiger partial charge in [-0.2, -0.15) is 12.6 Å². The minimum Gasteiger partial charge on any atom is -0.388 e. The van der Waals surface area contributed by atoms with Gasteiger partial charge in [0, 0.05) is 12.7 Å². The van der Waals surface area contributed by atoms with E-state index in [-0.39, 0.29) is 0 Å². The van der Waals surface area contributed by atoms with E-state index < -0.39 is 0 Å². The first-order valence-corrected chi connectivity index (χ1v) is 4.80. The van der Waals surface area contributed by atoms with Crippen LogP contribution in [0.1, 0.15) is 16.7 Å². The zero-order chi connectivity index (χ0) is 9.84. The molecule has 0 heterocycles. The summed E-state index contributed by atoms with van der Waals surface area (Å²) in [6.07, 6.45) is 2.02. The number of aryl methyl sites for hydroxylation is 2. The molecule has 0 saturated heterocycles. The van der Waals surface area contributed by atoms with Crippen LogP contribution in [0.25, 0.3) is 6.08 Å². The lowest BCUT2D eigenvalue weighted by Crippen LogP contribution is -1.93. The molecule has 0 amide bonds. The van der Waals surface area contributed by atoms with Gasteiger partial charge in [0.25, 0.3) is 0 Å². The highest BCUT2D eigenvalue weighted by atomic mass is 32.1. The molecule has 1 rings (SSSR count). The van der Waals surface area contributed by atoms with E-state index in [4.69, 9.17) is 0 Å². The van der Waals surface area contributed by atoms with Gasteiger partial charge < -0.3 is 5.32 Å². The number of hydrogen-bond donors (Lipinski definition) is 2. The maximum atomic E-state index is 4.08. The molecule has 1 nitrogen and oxygen atoms in total. The van der Waals surface area contributed by atoms with E-state index in [2.05, 4.69) is 43.9 Å². The Kier molecular flexibility index (Phi) is 3.43. The number of nitrogens with one attached hydrogen (secondary N) is 1. The van der Waals surface area contributed by atoms with Crippen molar-refractivity contribution in [3.8, 4) is 0 Å². The lowest BCUT2D eigenvalue weighted by Gasteiger charge is -2.08. The minimum absolute atomic E-state index is 1.16. The summed E-state index contributed by atoms with van der Waals surface area (Å²) >= 11 is 4.08. The summed E-state index contributed by atoms with van der Waals surface area (Å²) in [7, 11) is 1.93. The van der Waals surface area contributed by atoms with E-state index in [9.17, 15) is 0 Å². The van der Waals surface area contributed by atoms with Gasteiger partial charge in [-0.15, -0.1) is 0 Å². The molecule has 0 atom stereocenters. The van der Waals surface area contributed by atoms with Crippen LogP contribution in [0.2, 0.25) is 0 Å². The molecule has 0 saturated carbocycles. The Morgan fingerprint density at radius 1 is 1.23 bits per heavy atom. The fourth-order valence-electron chi connectivity index (χ4n) is 1.46. The van der Waals surface area contributed by atoms with Crippen LogP contribution in [0.5, 0.6) is 0 Å². The molecule has 0 aliphatic carbocycles. The zero-order valence-corrected chi connectivity index (χ0v) is 9.15. The average molecular weight is 193 g/mol. The molecule has 0 fully saturated rings. The van der Waals surface area contributed by atoms with Crippen LogP contribution < -0.4 is 5.32 Å². The van der Waals surface area contributed by atoms with E-state index in [0.717, 1.165) is 5.69 Å². The van der Waals surface area contributed by atoms with Crippen LogP contribution in [0.4, 0.5) is 5.69 Å². The number of benzene rings is 1. The van der Waals surface area contributed by atoms with Crippen LogP contribution in [0.3, 0.4) is 0 Å². The predicted octanol–water partition coefficient (Wildman–Crippen LogP) is 3.25. The largest absolute Gasteiger partial charge is 0.388 e. The fraction of sp³-hybridized carbons (Fsp3) is 0.273. The van der Waals surface area contributed by atoms with Gasteiger partial charge in [0.1, 0.15) is 0 Å². The molecule has 0 spiro atoms. The van der Waals surface area contributed by atoms with E-state index >= 15 is 0 Å². The molecule has 1 aromatic rings. The lowest BCUT2D eigenvalue weighted by atomic mass is 10.0. The van der Waals surface area contributed by atoms with Crippen molar-refractivity contribution in [2.24, 2.45) is 0 Å².